The van der Waals surface area contributed by atoms with Crippen LogP contribution in [0.4, 0.5) is 4.79 Å². The summed E-state index contributed by atoms with van der Waals surface area (Å²) in [5.74, 6) is 0. The fraction of sp³-hybridized carbons (Fsp3) is 0.875. The lowest BCUT2D eigenvalue weighted by Crippen LogP contribution is -2.49. The molecule has 2 heterocycles. The normalized spacial score (nSPS) is 33.6. The second-order valence-corrected chi connectivity index (χ2v) is 3.42. The highest BCUT2D eigenvalue weighted by atomic mass is 16.5. The topological polar surface area (TPSA) is 41.6 Å². The first-order chi connectivity index (χ1) is 5.79. The van der Waals surface area contributed by atoms with Gasteiger partial charge >= 0.3 is 6.03 Å². The first kappa shape index (κ1) is 7.86. The molecule has 2 aliphatic heterocycles. The number of ether oxygens (including phenoxy) is 1. The van der Waals surface area contributed by atoms with Crippen LogP contribution < -0.4 is 5.32 Å². The summed E-state index contributed by atoms with van der Waals surface area (Å²) in [5, 5.41) is 2.64. The van der Waals surface area contributed by atoms with Gasteiger partial charge in [-0.05, 0) is 12.8 Å². The average Bonchev–Trinajstić information content (AvgIpc) is 2.44. The molecule has 0 aromatic heterocycles. The molecule has 4 nitrogen and oxygen atoms in total. The number of urea groups is 1. The SMILES string of the molecule is CNC(=O)N1CC2CCC(C1)O2. The number of morpholine rings is 1. The number of nitrogens with one attached hydrogen (secondary N) is 1. The summed E-state index contributed by atoms with van der Waals surface area (Å²) < 4.78 is 5.60. The van der Waals surface area contributed by atoms with Crippen molar-refractivity contribution in [3.8, 4) is 0 Å². The van der Waals surface area contributed by atoms with Crippen LogP contribution >= 0.6 is 0 Å². The third-order valence-electron chi connectivity index (χ3n) is 2.54. The minimum absolute atomic E-state index is 0.0233. The van der Waals surface area contributed by atoms with Crippen molar-refractivity contribution in [3.63, 3.8) is 0 Å². The monoisotopic (exact) mass is 170 g/mol. The predicted octanol–water partition coefficient (Wildman–Crippen LogP) is 0.189. The lowest BCUT2D eigenvalue weighted by Gasteiger charge is -2.31. The minimum atomic E-state index is 0.0233. The Kier molecular flexibility index (Phi) is 1.92. The fourth-order valence-corrected chi connectivity index (χ4v) is 1.94. The molecular weight excluding hydrogens is 156 g/mol. The van der Waals surface area contributed by atoms with E-state index in [0.717, 1.165) is 25.9 Å². The summed E-state index contributed by atoms with van der Waals surface area (Å²) in [6.45, 7) is 1.52. The summed E-state index contributed by atoms with van der Waals surface area (Å²) in [6, 6.07) is 0.0233. The molecule has 2 atom stereocenters. The summed E-state index contributed by atoms with van der Waals surface area (Å²) in [4.78, 5) is 13.1. The van der Waals surface area contributed by atoms with Crippen LogP contribution in [0.3, 0.4) is 0 Å². The molecule has 12 heavy (non-hydrogen) atoms. The number of amides is 2. The molecule has 2 amide bonds. The molecule has 0 aromatic carbocycles. The van der Waals surface area contributed by atoms with Gasteiger partial charge in [0.05, 0.1) is 12.2 Å². The van der Waals surface area contributed by atoms with E-state index >= 15 is 0 Å². The van der Waals surface area contributed by atoms with E-state index < -0.39 is 0 Å². The molecule has 2 rings (SSSR count). The van der Waals surface area contributed by atoms with E-state index in [1.807, 2.05) is 4.90 Å². The Morgan fingerprint density at radius 3 is 2.50 bits per heavy atom. The lowest BCUT2D eigenvalue weighted by molar-refractivity contribution is -0.0235. The van der Waals surface area contributed by atoms with Crippen LogP contribution in [0.15, 0.2) is 0 Å². The second kappa shape index (κ2) is 2.94. The maximum absolute atomic E-state index is 11.2. The Bertz CT molecular complexity index is 183. The largest absolute Gasteiger partial charge is 0.371 e. The maximum Gasteiger partial charge on any atom is 0.317 e. The lowest BCUT2D eigenvalue weighted by atomic mass is 10.2. The number of fused-ring (bicyclic) bond motifs is 2. The van der Waals surface area contributed by atoms with Crippen LogP contribution in [0.25, 0.3) is 0 Å². The van der Waals surface area contributed by atoms with Gasteiger partial charge in [0.25, 0.3) is 0 Å². The smallest absolute Gasteiger partial charge is 0.317 e. The Labute approximate surface area is 71.9 Å². The number of carbonyl (C=O) groups excluding carboxylic acids is 1. The van der Waals surface area contributed by atoms with E-state index in [2.05, 4.69) is 5.32 Å². The van der Waals surface area contributed by atoms with Gasteiger partial charge < -0.3 is 15.0 Å². The molecule has 2 saturated heterocycles. The molecule has 2 fully saturated rings. The van der Waals surface area contributed by atoms with Crippen molar-refractivity contribution < 1.29 is 9.53 Å². The number of carbonyl (C=O) groups is 1. The second-order valence-electron chi connectivity index (χ2n) is 3.42. The zero-order chi connectivity index (χ0) is 8.55. The van der Waals surface area contributed by atoms with Crippen molar-refractivity contribution in [1.82, 2.24) is 10.2 Å². The van der Waals surface area contributed by atoms with Crippen molar-refractivity contribution in [3.05, 3.63) is 0 Å². The quantitative estimate of drug-likeness (QED) is 0.564. The summed E-state index contributed by atoms with van der Waals surface area (Å²) >= 11 is 0. The van der Waals surface area contributed by atoms with Crippen LogP contribution in [0.5, 0.6) is 0 Å². The maximum atomic E-state index is 11.2. The van der Waals surface area contributed by atoms with E-state index in [0.29, 0.717) is 12.2 Å². The third kappa shape index (κ3) is 1.27. The fourth-order valence-electron chi connectivity index (χ4n) is 1.94. The van der Waals surface area contributed by atoms with Crippen molar-refractivity contribution in [2.75, 3.05) is 20.1 Å². The number of nitrogens with zero attached hydrogens (tertiary/aromatic N) is 1. The van der Waals surface area contributed by atoms with Gasteiger partial charge in [-0.25, -0.2) is 4.79 Å². The molecule has 0 saturated carbocycles. The Morgan fingerprint density at radius 2 is 2.00 bits per heavy atom. The first-order valence-corrected chi connectivity index (χ1v) is 4.41. The number of rotatable bonds is 0. The standard InChI is InChI=1S/C8H14N2O2/c1-9-8(11)10-4-6-2-3-7(5-10)12-6/h6-7H,2-5H2,1H3,(H,9,11). The zero-order valence-electron chi connectivity index (χ0n) is 7.25. The molecule has 0 aromatic rings. The molecule has 4 heteroatoms. The molecule has 2 bridgehead atoms. The Balaban J connectivity index is 1.98. The highest BCUT2D eigenvalue weighted by Gasteiger charge is 2.35. The van der Waals surface area contributed by atoms with Gasteiger partial charge in [0, 0.05) is 20.1 Å². The number of likely N-dealkylation sites (tertiary alicyclic amines) is 1. The zero-order valence-corrected chi connectivity index (χ0v) is 7.25. The third-order valence-corrected chi connectivity index (χ3v) is 2.54. The van der Waals surface area contributed by atoms with Gasteiger partial charge in [-0.15, -0.1) is 0 Å². The Morgan fingerprint density at radius 1 is 1.42 bits per heavy atom. The predicted molar refractivity (Wildman–Crippen MR) is 43.9 cm³/mol. The van der Waals surface area contributed by atoms with E-state index in [1.54, 1.807) is 7.05 Å². The van der Waals surface area contributed by atoms with Gasteiger partial charge in [0.2, 0.25) is 0 Å². The van der Waals surface area contributed by atoms with E-state index in [1.165, 1.54) is 0 Å². The van der Waals surface area contributed by atoms with Crippen molar-refractivity contribution in [2.24, 2.45) is 0 Å². The highest BCUT2D eigenvalue weighted by molar-refractivity contribution is 5.74. The Hall–Kier alpha value is -0.770. The van der Waals surface area contributed by atoms with Gasteiger partial charge in [-0.1, -0.05) is 0 Å². The molecule has 2 unspecified atom stereocenters. The highest BCUT2D eigenvalue weighted by Crippen LogP contribution is 2.25. The van der Waals surface area contributed by atoms with Crippen LogP contribution in [0.2, 0.25) is 0 Å². The van der Waals surface area contributed by atoms with Crippen LogP contribution in [0, 0.1) is 0 Å². The summed E-state index contributed by atoms with van der Waals surface area (Å²) in [5.41, 5.74) is 0. The van der Waals surface area contributed by atoms with Gasteiger partial charge in [0.1, 0.15) is 0 Å². The van der Waals surface area contributed by atoms with Gasteiger partial charge in [-0.3, -0.25) is 0 Å². The van der Waals surface area contributed by atoms with Crippen LogP contribution in [-0.4, -0.2) is 43.3 Å². The van der Waals surface area contributed by atoms with Gasteiger partial charge in [0.15, 0.2) is 0 Å². The molecule has 1 N–H and O–H groups in total. The van der Waals surface area contributed by atoms with Crippen LogP contribution in [-0.2, 0) is 4.74 Å². The molecule has 2 aliphatic rings. The van der Waals surface area contributed by atoms with Crippen LogP contribution in [0.1, 0.15) is 12.8 Å². The number of hydrogen-bond donors (Lipinski definition) is 1. The molecule has 0 aliphatic carbocycles. The molecule has 0 radical (unpaired) electrons. The van der Waals surface area contributed by atoms with Gasteiger partial charge in [-0.2, -0.15) is 0 Å². The first-order valence-electron chi connectivity index (χ1n) is 4.41. The molecule has 0 spiro atoms. The van der Waals surface area contributed by atoms with Crippen molar-refractivity contribution in [2.45, 2.75) is 25.0 Å². The summed E-state index contributed by atoms with van der Waals surface area (Å²) in [6.07, 6.45) is 2.80. The van der Waals surface area contributed by atoms with E-state index in [4.69, 9.17) is 4.74 Å². The van der Waals surface area contributed by atoms with E-state index in [9.17, 15) is 4.79 Å². The van der Waals surface area contributed by atoms with Crippen molar-refractivity contribution >= 4 is 6.03 Å². The molecular formula is C8H14N2O2. The number of hydrogen-bond acceptors (Lipinski definition) is 2. The molecule has 68 valence electrons. The average molecular weight is 170 g/mol. The van der Waals surface area contributed by atoms with E-state index in [-0.39, 0.29) is 6.03 Å². The summed E-state index contributed by atoms with van der Waals surface area (Å²) in [7, 11) is 1.67. The minimum Gasteiger partial charge on any atom is -0.371 e. The van der Waals surface area contributed by atoms with Crippen molar-refractivity contribution in [1.29, 1.82) is 0 Å².